The second kappa shape index (κ2) is 4.25. The smallest absolute Gasteiger partial charge is 0.275 e. The second-order valence-corrected chi connectivity index (χ2v) is 6.66. The fraction of sp³-hybridized carbons (Fsp3) is 0.333. The van der Waals surface area contributed by atoms with E-state index in [0.29, 0.717) is 17.0 Å². The molecule has 0 unspecified atom stereocenters. The molecule has 0 aliphatic carbocycles. The van der Waals surface area contributed by atoms with E-state index in [4.69, 9.17) is 10.3 Å². The van der Waals surface area contributed by atoms with Crippen LogP contribution in [-0.2, 0) is 10.0 Å². The Balaban J connectivity index is 2.39. The van der Waals surface area contributed by atoms with Crippen molar-refractivity contribution in [2.45, 2.75) is 25.0 Å². The summed E-state index contributed by atoms with van der Waals surface area (Å²) < 4.78 is 31.6. The summed E-state index contributed by atoms with van der Waals surface area (Å²) in [6, 6.07) is 0. The van der Waals surface area contributed by atoms with Gasteiger partial charge in [-0.3, -0.25) is 0 Å². The van der Waals surface area contributed by atoms with Crippen molar-refractivity contribution in [2.24, 2.45) is 0 Å². The normalized spacial score (nSPS) is 11.7. The van der Waals surface area contributed by atoms with Gasteiger partial charge in [0.1, 0.15) is 0 Å². The van der Waals surface area contributed by atoms with Crippen LogP contribution in [0.2, 0.25) is 0 Å². The number of nitrogens with zero attached hydrogens (tertiary/aromatic N) is 2. The summed E-state index contributed by atoms with van der Waals surface area (Å²) in [5, 5.41) is 3.89. The van der Waals surface area contributed by atoms with Gasteiger partial charge in [-0.25, -0.2) is 18.1 Å². The predicted molar refractivity (Wildman–Crippen MR) is 68.0 cm³/mol. The zero-order valence-corrected chi connectivity index (χ0v) is 11.6. The topological polar surface area (TPSA) is 111 Å². The summed E-state index contributed by atoms with van der Waals surface area (Å²) in [5.74, 6) is 0.110. The van der Waals surface area contributed by atoms with Crippen molar-refractivity contribution in [1.82, 2.24) is 10.1 Å². The first-order valence-electron chi connectivity index (χ1n) is 5.00. The van der Waals surface area contributed by atoms with E-state index in [9.17, 15) is 8.42 Å². The van der Waals surface area contributed by atoms with Crippen molar-refractivity contribution in [3.05, 3.63) is 17.0 Å². The zero-order valence-electron chi connectivity index (χ0n) is 10.0. The van der Waals surface area contributed by atoms with Crippen LogP contribution in [0.3, 0.4) is 0 Å². The van der Waals surface area contributed by atoms with Gasteiger partial charge in [0.2, 0.25) is 5.88 Å². The predicted octanol–water partition coefficient (Wildman–Crippen LogP) is 1.44. The van der Waals surface area contributed by atoms with Crippen LogP contribution in [0.1, 0.15) is 17.0 Å². The Bertz CT molecular complexity index is 687. The molecule has 3 N–H and O–H groups in total. The molecule has 2 rings (SSSR count). The molecular formula is C9H12N4O3S2. The highest BCUT2D eigenvalue weighted by atomic mass is 32.2. The number of aromatic nitrogens is 2. The molecule has 2 aromatic heterocycles. The number of nitrogens with one attached hydrogen (secondary N) is 1. The molecule has 0 radical (unpaired) electrons. The van der Waals surface area contributed by atoms with E-state index in [1.807, 2.05) is 0 Å². The standard InChI is InChI=1S/C9H12N4O3S2/c1-4-5(2)12-16-7(4)13-18(14,15)8-6(3)11-9(10)17-8/h13H,1-3H3,(H2,10,11). The van der Waals surface area contributed by atoms with Crippen LogP contribution in [-0.4, -0.2) is 18.6 Å². The van der Waals surface area contributed by atoms with Crippen molar-refractivity contribution < 1.29 is 12.9 Å². The third-order valence-corrected chi connectivity index (χ3v) is 5.33. The number of sulfonamides is 1. The van der Waals surface area contributed by atoms with Gasteiger partial charge >= 0.3 is 0 Å². The van der Waals surface area contributed by atoms with Crippen LogP contribution in [0.25, 0.3) is 0 Å². The summed E-state index contributed by atoms with van der Waals surface area (Å²) in [6.07, 6.45) is 0. The SMILES string of the molecule is Cc1nc(N)sc1S(=O)(=O)Nc1onc(C)c1C. The molecule has 0 aliphatic heterocycles. The van der Waals surface area contributed by atoms with Crippen LogP contribution in [0.15, 0.2) is 8.73 Å². The number of thiazole rings is 1. The molecule has 0 bridgehead atoms. The minimum atomic E-state index is -3.74. The molecule has 0 aliphatic rings. The number of anilines is 2. The molecule has 18 heavy (non-hydrogen) atoms. The highest BCUT2D eigenvalue weighted by molar-refractivity contribution is 7.94. The van der Waals surface area contributed by atoms with Crippen molar-refractivity contribution in [3.63, 3.8) is 0 Å². The molecule has 0 spiro atoms. The fourth-order valence-corrected chi connectivity index (χ4v) is 3.68. The molecular weight excluding hydrogens is 276 g/mol. The average molecular weight is 288 g/mol. The van der Waals surface area contributed by atoms with E-state index in [-0.39, 0.29) is 15.2 Å². The Morgan fingerprint density at radius 3 is 2.39 bits per heavy atom. The first kappa shape index (κ1) is 12.8. The van der Waals surface area contributed by atoms with Crippen molar-refractivity contribution in [1.29, 1.82) is 0 Å². The van der Waals surface area contributed by atoms with Crippen LogP contribution >= 0.6 is 11.3 Å². The maximum Gasteiger partial charge on any atom is 0.275 e. The molecule has 2 aromatic rings. The maximum atomic E-state index is 12.1. The molecule has 0 atom stereocenters. The molecule has 2 heterocycles. The number of rotatable bonds is 3. The first-order chi connectivity index (χ1) is 8.31. The van der Waals surface area contributed by atoms with Gasteiger partial charge in [0, 0.05) is 5.56 Å². The van der Waals surface area contributed by atoms with Crippen molar-refractivity contribution in [2.75, 3.05) is 10.5 Å². The van der Waals surface area contributed by atoms with Crippen molar-refractivity contribution >= 4 is 32.4 Å². The van der Waals surface area contributed by atoms with Gasteiger partial charge < -0.3 is 10.3 Å². The summed E-state index contributed by atoms with van der Waals surface area (Å²) >= 11 is 0.907. The number of hydrogen-bond acceptors (Lipinski definition) is 7. The number of hydrogen-bond donors (Lipinski definition) is 2. The van der Waals surface area contributed by atoms with Crippen LogP contribution in [0.5, 0.6) is 0 Å². The summed E-state index contributed by atoms with van der Waals surface area (Å²) in [4.78, 5) is 3.88. The third-order valence-electron chi connectivity index (χ3n) is 2.40. The van der Waals surface area contributed by atoms with Crippen LogP contribution < -0.4 is 10.5 Å². The third kappa shape index (κ3) is 2.18. The highest BCUT2D eigenvalue weighted by Gasteiger charge is 2.24. The Labute approximate surface area is 108 Å². The Hall–Kier alpha value is -1.61. The van der Waals surface area contributed by atoms with E-state index in [2.05, 4.69) is 14.9 Å². The lowest BCUT2D eigenvalue weighted by molar-refractivity contribution is 0.430. The lowest BCUT2D eigenvalue weighted by Gasteiger charge is -2.03. The molecule has 0 saturated heterocycles. The molecule has 98 valence electrons. The zero-order chi connectivity index (χ0) is 13.5. The van der Waals surface area contributed by atoms with Crippen LogP contribution in [0.4, 0.5) is 11.0 Å². The highest BCUT2D eigenvalue weighted by Crippen LogP contribution is 2.28. The summed E-state index contributed by atoms with van der Waals surface area (Å²) in [5.41, 5.74) is 7.12. The molecule has 9 heteroatoms. The van der Waals surface area contributed by atoms with Gasteiger partial charge in [0.15, 0.2) is 9.34 Å². The van der Waals surface area contributed by atoms with Crippen LogP contribution in [0, 0.1) is 20.8 Å². The van der Waals surface area contributed by atoms with E-state index >= 15 is 0 Å². The van der Waals surface area contributed by atoms with E-state index in [1.165, 1.54) is 0 Å². The molecule has 0 aromatic carbocycles. The fourth-order valence-electron chi connectivity index (χ4n) is 1.33. The number of nitrogens with two attached hydrogens (primary N) is 1. The van der Waals surface area contributed by atoms with Gasteiger partial charge in [-0.2, -0.15) is 0 Å². The van der Waals surface area contributed by atoms with Gasteiger partial charge in [0.05, 0.1) is 11.4 Å². The monoisotopic (exact) mass is 288 g/mol. The Morgan fingerprint density at radius 2 is 1.94 bits per heavy atom. The van der Waals surface area contributed by atoms with Gasteiger partial charge in [-0.1, -0.05) is 16.5 Å². The van der Waals surface area contributed by atoms with E-state index in [0.717, 1.165) is 11.3 Å². The quantitative estimate of drug-likeness (QED) is 0.884. The average Bonchev–Trinajstić information content (AvgIpc) is 2.75. The summed E-state index contributed by atoms with van der Waals surface area (Å²) in [6.45, 7) is 5.03. The van der Waals surface area contributed by atoms with E-state index in [1.54, 1.807) is 20.8 Å². The van der Waals surface area contributed by atoms with Gasteiger partial charge in [0.25, 0.3) is 10.0 Å². The number of nitrogen functional groups attached to an aromatic ring is 1. The Morgan fingerprint density at radius 1 is 1.28 bits per heavy atom. The lowest BCUT2D eigenvalue weighted by atomic mass is 10.3. The minimum Gasteiger partial charge on any atom is -0.375 e. The molecule has 0 amide bonds. The number of aryl methyl sites for hydroxylation is 2. The summed E-state index contributed by atoms with van der Waals surface area (Å²) in [7, 11) is -3.74. The Kier molecular flexibility index (Phi) is 3.03. The molecule has 0 fully saturated rings. The maximum absolute atomic E-state index is 12.1. The molecule has 0 saturated carbocycles. The largest absolute Gasteiger partial charge is 0.375 e. The lowest BCUT2D eigenvalue weighted by Crippen LogP contribution is -2.12. The van der Waals surface area contributed by atoms with Crippen molar-refractivity contribution in [3.8, 4) is 0 Å². The molecule has 7 nitrogen and oxygen atoms in total. The van der Waals surface area contributed by atoms with E-state index < -0.39 is 10.0 Å². The van der Waals surface area contributed by atoms with Gasteiger partial charge in [-0.05, 0) is 20.8 Å². The minimum absolute atomic E-state index is 0.0773. The van der Waals surface area contributed by atoms with Gasteiger partial charge in [-0.15, -0.1) is 0 Å². The second-order valence-electron chi connectivity index (χ2n) is 3.75. The first-order valence-corrected chi connectivity index (χ1v) is 7.30.